The first-order chi connectivity index (χ1) is 14.1. The number of anilines is 1. The molecule has 150 valence electrons. The largest absolute Gasteiger partial charge is 0.324 e. The monoisotopic (exact) mass is 390 g/mol. The summed E-state index contributed by atoms with van der Waals surface area (Å²) in [5.41, 5.74) is 4.30. The van der Waals surface area contributed by atoms with Crippen LogP contribution in [0.15, 0.2) is 41.5 Å². The second-order valence-electron chi connectivity index (χ2n) is 7.55. The van der Waals surface area contributed by atoms with E-state index in [2.05, 4.69) is 15.3 Å². The number of hydrogen-bond donors (Lipinski definition) is 1. The Labute approximate surface area is 170 Å². The predicted molar refractivity (Wildman–Crippen MR) is 114 cm³/mol. The first kappa shape index (κ1) is 19.3. The van der Waals surface area contributed by atoms with Crippen LogP contribution in [-0.4, -0.2) is 20.4 Å². The molecule has 0 saturated carbocycles. The van der Waals surface area contributed by atoms with E-state index >= 15 is 0 Å². The maximum atomic E-state index is 13.2. The SMILES string of the molecule is CCc1ccccc1NC(=O)C(CC)n1cnc2nc3c(cc2c1=O)CCCC3. The van der Waals surface area contributed by atoms with Crippen LogP contribution in [0.2, 0.25) is 0 Å². The summed E-state index contributed by atoms with van der Waals surface area (Å²) in [6, 6.07) is 9.04. The molecule has 6 nitrogen and oxygen atoms in total. The third kappa shape index (κ3) is 3.67. The summed E-state index contributed by atoms with van der Waals surface area (Å²) in [7, 11) is 0. The van der Waals surface area contributed by atoms with Gasteiger partial charge in [0.1, 0.15) is 12.4 Å². The Morgan fingerprint density at radius 1 is 1.21 bits per heavy atom. The lowest BCUT2D eigenvalue weighted by Gasteiger charge is -2.20. The normalized spacial score (nSPS) is 14.4. The number of nitrogens with zero attached hydrogens (tertiary/aromatic N) is 3. The second kappa shape index (κ2) is 8.15. The average Bonchev–Trinajstić information content (AvgIpc) is 2.75. The van der Waals surface area contributed by atoms with E-state index in [1.54, 1.807) is 0 Å². The lowest BCUT2D eigenvalue weighted by atomic mass is 9.95. The molecule has 0 saturated heterocycles. The van der Waals surface area contributed by atoms with Crippen molar-refractivity contribution < 1.29 is 4.79 Å². The first-order valence-corrected chi connectivity index (χ1v) is 10.4. The number of hydrogen-bond acceptors (Lipinski definition) is 4. The molecule has 0 spiro atoms. The molecule has 3 aromatic rings. The van der Waals surface area contributed by atoms with Gasteiger partial charge >= 0.3 is 0 Å². The van der Waals surface area contributed by atoms with Crippen LogP contribution in [0.1, 0.15) is 56.0 Å². The van der Waals surface area contributed by atoms with Gasteiger partial charge < -0.3 is 5.32 Å². The number of fused-ring (bicyclic) bond motifs is 2. The van der Waals surface area contributed by atoms with Gasteiger partial charge in [-0.1, -0.05) is 32.0 Å². The van der Waals surface area contributed by atoms with E-state index in [0.717, 1.165) is 54.6 Å². The number of carbonyl (C=O) groups excluding carboxylic acids is 1. The maximum absolute atomic E-state index is 13.2. The molecular weight excluding hydrogens is 364 g/mol. The number of para-hydroxylation sites is 1. The highest BCUT2D eigenvalue weighted by atomic mass is 16.2. The van der Waals surface area contributed by atoms with E-state index in [0.29, 0.717) is 17.5 Å². The molecule has 1 aromatic carbocycles. The summed E-state index contributed by atoms with van der Waals surface area (Å²) < 4.78 is 1.45. The molecule has 1 aliphatic rings. The minimum absolute atomic E-state index is 0.206. The molecule has 29 heavy (non-hydrogen) atoms. The molecule has 1 atom stereocenters. The highest BCUT2D eigenvalue weighted by Gasteiger charge is 2.23. The van der Waals surface area contributed by atoms with E-state index in [9.17, 15) is 9.59 Å². The number of carbonyl (C=O) groups is 1. The van der Waals surface area contributed by atoms with Gasteiger partial charge in [0, 0.05) is 11.4 Å². The molecule has 0 aliphatic heterocycles. The molecule has 1 aliphatic carbocycles. The molecule has 4 rings (SSSR count). The number of benzene rings is 1. The number of pyridine rings is 1. The number of amides is 1. The van der Waals surface area contributed by atoms with Crippen molar-refractivity contribution in [1.82, 2.24) is 14.5 Å². The highest BCUT2D eigenvalue weighted by molar-refractivity contribution is 5.94. The van der Waals surface area contributed by atoms with Crippen LogP contribution in [0.25, 0.3) is 11.0 Å². The summed E-state index contributed by atoms with van der Waals surface area (Å²) in [5.74, 6) is -0.206. The zero-order valence-electron chi connectivity index (χ0n) is 16.9. The zero-order chi connectivity index (χ0) is 20.4. The van der Waals surface area contributed by atoms with Gasteiger partial charge in [0.05, 0.1) is 5.39 Å². The number of aromatic nitrogens is 3. The molecule has 2 aromatic heterocycles. The summed E-state index contributed by atoms with van der Waals surface area (Å²) in [5, 5.41) is 3.49. The van der Waals surface area contributed by atoms with Gasteiger partial charge in [-0.05, 0) is 61.8 Å². The number of rotatable bonds is 5. The van der Waals surface area contributed by atoms with Gasteiger partial charge in [-0.2, -0.15) is 0 Å². The van der Waals surface area contributed by atoms with Crippen LogP contribution in [0, 0.1) is 0 Å². The van der Waals surface area contributed by atoms with Gasteiger partial charge in [0.25, 0.3) is 5.56 Å². The number of nitrogens with one attached hydrogen (secondary N) is 1. The van der Waals surface area contributed by atoms with Gasteiger partial charge in [-0.3, -0.25) is 14.2 Å². The molecule has 1 N–H and O–H groups in total. The molecule has 6 heteroatoms. The minimum atomic E-state index is -0.625. The van der Waals surface area contributed by atoms with Gasteiger partial charge in [0.15, 0.2) is 5.65 Å². The van der Waals surface area contributed by atoms with E-state index in [1.165, 1.54) is 10.9 Å². The standard InChI is InChI=1S/C23H26N4O2/c1-3-15-9-5-7-11-18(15)26-22(28)20(4-2)27-14-24-21-17(23(27)29)13-16-10-6-8-12-19(16)25-21/h5,7,9,11,13-14,20H,3-4,6,8,10,12H2,1-2H3,(H,26,28). The topological polar surface area (TPSA) is 76.9 Å². The van der Waals surface area contributed by atoms with Crippen LogP contribution in [0.5, 0.6) is 0 Å². The highest BCUT2D eigenvalue weighted by Crippen LogP contribution is 2.23. The summed E-state index contributed by atoms with van der Waals surface area (Å²) in [6.45, 7) is 3.95. The van der Waals surface area contributed by atoms with E-state index in [-0.39, 0.29) is 11.5 Å². The molecule has 1 amide bonds. The quantitative estimate of drug-likeness (QED) is 0.718. The smallest absolute Gasteiger partial charge is 0.263 e. The van der Waals surface area contributed by atoms with E-state index < -0.39 is 6.04 Å². The lowest BCUT2D eigenvalue weighted by Crippen LogP contribution is -2.33. The Morgan fingerprint density at radius 3 is 2.79 bits per heavy atom. The first-order valence-electron chi connectivity index (χ1n) is 10.4. The van der Waals surface area contributed by atoms with Crippen LogP contribution in [0.4, 0.5) is 5.69 Å². The molecule has 0 radical (unpaired) electrons. The van der Waals surface area contributed by atoms with Crippen LogP contribution in [0.3, 0.4) is 0 Å². The third-order valence-corrected chi connectivity index (χ3v) is 5.73. The van der Waals surface area contributed by atoms with Crippen molar-refractivity contribution in [2.24, 2.45) is 0 Å². The third-order valence-electron chi connectivity index (χ3n) is 5.73. The molecule has 0 fully saturated rings. The van der Waals surface area contributed by atoms with Gasteiger partial charge in [0.2, 0.25) is 5.91 Å². The molecule has 0 bridgehead atoms. The van der Waals surface area contributed by atoms with Crippen molar-refractivity contribution in [2.75, 3.05) is 5.32 Å². The Hall–Kier alpha value is -3.02. The summed E-state index contributed by atoms with van der Waals surface area (Å²) in [4.78, 5) is 35.2. The Balaban J connectivity index is 1.70. The molecule has 1 unspecified atom stereocenters. The fourth-order valence-corrected chi connectivity index (χ4v) is 4.08. The fourth-order valence-electron chi connectivity index (χ4n) is 4.08. The summed E-state index contributed by atoms with van der Waals surface area (Å²) >= 11 is 0. The van der Waals surface area contributed by atoms with Crippen molar-refractivity contribution >= 4 is 22.6 Å². The van der Waals surface area contributed by atoms with Crippen molar-refractivity contribution in [1.29, 1.82) is 0 Å². The van der Waals surface area contributed by atoms with Crippen molar-refractivity contribution in [3.8, 4) is 0 Å². The van der Waals surface area contributed by atoms with Crippen molar-refractivity contribution in [3.05, 3.63) is 63.8 Å². The zero-order valence-corrected chi connectivity index (χ0v) is 16.9. The summed E-state index contributed by atoms with van der Waals surface area (Å²) in [6.07, 6.45) is 6.90. The van der Waals surface area contributed by atoms with Crippen LogP contribution >= 0.6 is 0 Å². The van der Waals surface area contributed by atoms with Gasteiger partial charge in [-0.25, -0.2) is 9.97 Å². The Morgan fingerprint density at radius 2 is 2.00 bits per heavy atom. The van der Waals surface area contributed by atoms with Crippen LogP contribution in [-0.2, 0) is 24.1 Å². The second-order valence-corrected chi connectivity index (χ2v) is 7.55. The van der Waals surface area contributed by atoms with Crippen molar-refractivity contribution in [2.45, 2.75) is 58.4 Å². The van der Waals surface area contributed by atoms with Crippen molar-refractivity contribution in [3.63, 3.8) is 0 Å². The van der Waals surface area contributed by atoms with E-state index in [4.69, 9.17) is 0 Å². The Kier molecular flexibility index (Phi) is 5.43. The molecular formula is C23H26N4O2. The maximum Gasteiger partial charge on any atom is 0.263 e. The van der Waals surface area contributed by atoms with Gasteiger partial charge in [-0.15, -0.1) is 0 Å². The van der Waals surface area contributed by atoms with E-state index in [1.807, 2.05) is 44.2 Å². The minimum Gasteiger partial charge on any atom is -0.324 e. The number of aryl methyl sites for hydroxylation is 3. The average molecular weight is 390 g/mol. The lowest BCUT2D eigenvalue weighted by molar-refractivity contribution is -0.119. The fraction of sp³-hybridized carbons (Fsp3) is 0.391. The van der Waals surface area contributed by atoms with Crippen LogP contribution < -0.4 is 10.9 Å². The Bertz CT molecular complexity index is 1120. The predicted octanol–water partition coefficient (Wildman–Crippen LogP) is 3.82. The molecule has 2 heterocycles.